The van der Waals surface area contributed by atoms with Crippen molar-refractivity contribution in [1.82, 2.24) is 0 Å². The molecule has 0 saturated carbocycles. The van der Waals surface area contributed by atoms with Crippen molar-refractivity contribution < 1.29 is 9.84 Å². The molecule has 0 amide bonds. The van der Waals surface area contributed by atoms with Crippen LogP contribution in [0.5, 0.6) is 0 Å². The fourth-order valence-corrected chi connectivity index (χ4v) is 1.50. The second-order valence-corrected chi connectivity index (χ2v) is 2.94. The summed E-state index contributed by atoms with van der Waals surface area (Å²) in [5.41, 5.74) is 0. The largest absolute Gasteiger partial charge is 0.394 e. The Hall–Kier alpha value is 0.400. The van der Waals surface area contributed by atoms with Gasteiger partial charge in [-0.3, -0.25) is 0 Å². The summed E-state index contributed by atoms with van der Waals surface area (Å²) in [6.45, 7) is 0.170. The molecule has 1 N–H and O–H groups in total. The van der Waals surface area contributed by atoms with Crippen LogP contribution in [0, 0.1) is 0 Å². The van der Waals surface area contributed by atoms with Gasteiger partial charge in [0.25, 0.3) is 0 Å². The SMILES string of the molecule is OC[C@@H]1CC[C@H](CBr)O1. The highest BCUT2D eigenvalue weighted by Gasteiger charge is 2.22. The van der Waals surface area contributed by atoms with Gasteiger partial charge in [0.05, 0.1) is 18.8 Å². The smallest absolute Gasteiger partial charge is 0.0810 e. The monoisotopic (exact) mass is 194 g/mol. The number of alkyl halides is 1. The summed E-state index contributed by atoms with van der Waals surface area (Å²) in [5, 5.41) is 9.53. The molecular weight excluding hydrogens is 184 g/mol. The number of hydrogen-bond acceptors (Lipinski definition) is 2. The van der Waals surface area contributed by atoms with E-state index in [2.05, 4.69) is 15.9 Å². The lowest BCUT2D eigenvalue weighted by atomic mass is 10.2. The van der Waals surface area contributed by atoms with Crippen LogP contribution < -0.4 is 0 Å². The summed E-state index contributed by atoms with van der Waals surface area (Å²) in [6, 6.07) is 0. The van der Waals surface area contributed by atoms with Crippen molar-refractivity contribution in [3.05, 3.63) is 0 Å². The third kappa shape index (κ3) is 1.92. The summed E-state index contributed by atoms with van der Waals surface area (Å²) in [5.74, 6) is 0. The van der Waals surface area contributed by atoms with Gasteiger partial charge in [0.1, 0.15) is 0 Å². The van der Waals surface area contributed by atoms with Crippen LogP contribution in [0.15, 0.2) is 0 Å². The van der Waals surface area contributed by atoms with E-state index in [1.54, 1.807) is 0 Å². The van der Waals surface area contributed by atoms with Gasteiger partial charge in [-0.15, -0.1) is 0 Å². The molecule has 3 heteroatoms. The maximum absolute atomic E-state index is 8.64. The van der Waals surface area contributed by atoms with Crippen LogP contribution in [0.25, 0.3) is 0 Å². The Labute approximate surface area is 63.3 Å². The van der Waals surface area contributed by atoms with Crippen molar-refractivity contribution in [3.63, 3.8) is 0 Å². The van der Waals surface area contributed by atoms with Crippen LogP contribution in [0.3, 0.4) is 0 Å². The van der Waals surface area contributed by atoms with Gasteiger partial charge in [-0.25, -0.2) is 0 Å². The predicted molar refractivity (Wildman–Crippen MR) is 38.8 cm³/mol. The molecule has 1 aliphatic rings. The minimum absolute atomic E-state index is 0.104. The fraction of sp³-hybridized carbons (Fsp3) is 1.00. The number of aliphatic hydroxyl groups excluding tert-OH is 1. The first-order valence-corrected chi connectivity index (χ1v) is 4.31. The first-order valence-electron chi connectivity index (χ1n) is 3.19. The van der Waals surface area contributed by atoms with Crippen molar-refractivity contribution in [2.45, 2.75) is 25.0 Å². The molecule has 0 radical (unpaired) electrons. The van der Waals surface area contributed by atoms with Gasteiger partial charge in [0.2, 0.25) is 0 Å². The van der Waals surface area contributed by atoms with E-state index in [0.717, 1.165) is 18.2 Å². The lowest BCUT2D eigenvalue weighted by Crippen LogP contribution is -2.14. The molecule has 0 unspecified atom stereocenters. The first kappa shape index (κ1) is 7.51. The van der Waals surface area contributed by atoms with Gasteiger partial charge in [-0.2, -0.15) is 0 Å². The molecule has 1 heterocycles. The molecule has 2 nitrogen and oxygen atoms in total. The van der Waals surface area contributed by atoms with Gasteiger partial charge in [-0.05, 0) is 12.8 Å². The Kier molecular flexibility index (Phi) is 2.95. The Bertz CT molecular complexity index is 77.1. The van der Waals surface area contributed by atoms with Crippen LogP contribution >= 0.6 is 15.9 Å². The van der Waals surface area contributed by atoms with Crippen LogP contribution in [-0.2, 0) is 4.74 Å². The van der Waals surface area contributed by atoms with Crippen LogP contribution in [-0.4, -0.2) is 29.3 Å². The number of halogens is 1. The Balaban J connectivity index is 2.20. The van der Waals surface area contributed by atoms with Gasteiger partial charge < -0.3 is 9.84 Å². The summed E-state index contributed by atoms with van der Waals surface area (Å²) in [6.07, 6.45) is 2.53. The summed E-state index contributed by atoms with van der Waals surface area (Å²) >= 11 is 3.33. The summed E-state index contributed by atoms with van der Waals surface area (Å²) in [7, 11) is 0. The van der Waals surface area contributed by atoms with E-state index in [1.807, 2.05) is 0 Å². The van der Waals surface area contributed by atoms with Gasteiger partial charge in [0.15, 0.2) is 0 Å². The lowest BCUT2D eigenvalue weighted by molar-refractivity contribution is 0.0222. The molecule has 0 spiro atoms. The standard InChI is InChI=1S/C6H11BrO2/c7-3-5-1-2-6(4-8)9-5/h5-6,8H,1-4H2/t5-,6+/m1/s1. The molecule has 0 aromatic carbocycles. The highest BCUT2D eigenvalue weighted by atomic mass is 79.9. The quantitative estimate of drug-likeness (QED) is 0.664. The molecule has 0 aromatic rings. The minimum Gasteiger partial charge on any atom is -0.394 e. The van der Waals surface area contributed by atoms with Gasteiger partial charge >= 0.3 is 0 Å². The molecule has 1 fully saturated rings. The third-order valence-electron chi connectivity index (χ3n) is 1.57. The predicted octanol–water partition coefficient (Wildman–Crippen LogP) is 0.921. The van der Waals surface area contributed by atoms with E-state index in [0.29, 0.717) is 6.10 Å². The van der Waals surface area contributed by atoms with Gasteiger partial charge in [0, 0.05) is 5.33 Å². The van der Waals surface area contributed by atoms with Crippen molar-refractivity contribution in [2.24, 2.45) is 0 Å². The zero-order valence-electron chi connectivity index (χ0n) is 5.22. The molecule has 1 aliphatic heterocycles. The summed E-state index contributed by atoms with van der Waals surface area (Å²) in [4.78, 5) is 0. The number of hydrogen-bond donors (Lipinski definition) is 1. The van der Waals surface area contributed by atoms with Crippen molar-refractivity contribution in [3.8, 4) is 0 Å². The molecule has 0 bridgehead atoms. The molecule has 2 atom stereocenters. The van der Waals surface area contributed by atoms with Crippen molar-refractivity contribution in [1.29, 1.82) is 0 Å². The average molecular weight is 195 g/mol. The number of rotatable bonds is 2. The topological polar surface area (TPSA) is 29.5 Å². The van der Waals surface area contributed by atoms with E-state index in [4.69, 9.17) is 9.84 Å². The second kappa shape index (κ2) is 3.54. The van der Waals surface area contributed by atoms with Gasteiger partial charge in [-0.1, -0.05) is 15.9 Å². The van der Waals surface area contributed by atoms with Crippen molar-refractivity contribution in [2.75, 3.05) is 11.9 Å². The molecule has 9 heavy (non-hydrogen) atoms. The molecular formula is C6H11BrO2. The van der Waals surface area contributed by atoms with E-state index in [1.165, 1.54) is 0 Å². The zero-order valence-corrected chi connectivity index (χ0v) is 6.80. The number of ether oxygens (including phenoxy) is 1. The molecule has 0 aromatic heterocycles. The maximum Gasteiger partial charge on any atom is 0.0810 e. The normalized spacial score (nSPS) is 35.3. The van der Waals surface area contributed by atoms with E-state index < -0.39 is 0 Å². The Morgan fingerprint density at radius 3 is 2.44 bits per heavy atom. The Morgan fingerprint density at radius 1 is 1.44 bits per heavy atom. The van der Waals surface area contributed by atoms with E-state index >= 15 is 0 Å². The zero-order chi connectivity index (χ0) is 6.69. The van der Waals surface area contributed by atoms with E-state index in [9.17, 15) is 0 Å². The van der Waals surface area contributed by atoms with Crippen molar-refractivity contribution >= 4 is 15.9 Å². The van der Waals surface area contributed by atoms with Crippen LogP contribution in [0.1, 0.15) is 12.8 Å². The highest BCUT2D eigenvalue weighted by Crippen LogP contribution is 2.20. The first-order chi connectivity index (χ1) is 4.36. The summed E-state index contributed by atoms with van der Waals surface area (Å²) < 4.78 is 5.36. The minimum atomic E-state index is 0.104. The third-order valence-corrected chi connectivity index (χ3v) is 2.29. The molecule has 0 aliphatic carbocycles. The Morgan fingerprint density at radius 2 is 2.11 bits per heavy atom. The molecule has 1 saturated heterocycles. The molecule has 1 rings (SSSR count). The second-order valence-electron chi connectivity index (χ2n) is 2.29. The highest BCUT2D eigenvalue weighted by molar-refractivity contribution is 9.09. The maximum atomic E-state index is 8.64. The molecule has 54 valence electrons. The lowest BCUT2D eigenvalue weighted by Gasteiger charge is -2.07. The average Bonchev–Trinajstić information content (AvgIpc) is 2.34. The van der Waals surface area contributed by atoms with E-state index in [-0.39, 0.29) is 12.7 Å². The van der Waals surface area contributed by atoms with Crippen LogP contribution in [0.2, 0.25) is 0 Å². The fourth-order valence-electron chi connectivity index (χ4n) is 1.03. The number of aliphatic hydroxyl groups is 1. The van der Waals surface area contributed by atoms with Crippen LogP contribution in [0.4, 0.5) is 0 Å².